The van der Waals surface area contributed by atoms with Crippen molar-refractivity contribution in [2.75, 3.05) is 13.7 Å². The fourth-order valence-corrected chi connectivity index (χ4v) is 6.05. The Morgan fingerprint density at radius 2 is 1.47 bits per heavy atom. The third-order valence-electron chi connectivity index (χ3n) is 9.40. The summed E-state index contributed by atoms with van der Waals surface area (Å²) < 4.78 is 6.55. The molecule has 0 saturated carbocycles. The second-order valence-corrected chi connectivity index (χ2v) is 14.8. The second-order valence-electron chi connectivity index (χ2n) is 14.8. The van der Waals surface area contributed by atoms with Crippen molar-refractivity contribution in [3.63, 3.8) is 0 Å². The summed E-state index contributed by atoms with van der Waals surface area (Å²) in [5.74, 6) is -0.636. The van der Waals surface area contributed by atoms with Gasteiger partial charge in [-0.3, -0.25) is 19.3 Å². The van der Waals surface area contributed by atoms with Crippen LogP contribution in [0.15, 0.2) is 0 Å². The van der Waals surface area contributed by atoms with E-state index in [1.807, 2.05) is 34.7 Å². The SMILES string of the molecule is CCC(C)(CC(C)(C)N1C(=O)CC(C)C1=O)C(=O)NC(C)(C)CC(C)(C)C(C)(CC)OCCC(C)(C)NC. The monoisotopic (exact) mass is 537 g/mol. The van der Waals surface area contributed by atoms with E-state index in [-0.39, 0.29) is 46.6 Å². The predicted molar refractivity (Wildman–Crippen MR) is 156 cm³/mol. The van der Waals surface area contributed by atoms with E-state index < -0.39 is 16.5 Å². The van der Waals surface area contributed by atoms with Crippen LogP contribution in [0.5, 0.6) is 0 Å². The van der Waals surface area contributed by atoms with Crippen LogP contribution in [0, 0.1) is 16.7 Å². The summed E-state index contributed by atoms with van der Waals surface area (Å²) in [4.78, 5) is 40.6. The minimum atomic E-state index is -0.750. The number of hydrogen-bond acceptors (Lipinski definition) is 5. The molecule has 0 aliphatic carbocycles. The molecule has 1 rings (SSSR count). The molecule has 0 aromatic carbocycles. The first-order valence-electron chi connectivity index (χ1n) is 14.5. The lowest BCUT2D eigenvalue weighted by Crippen LogP contribution is -2.57. The van der Waals surface area contributed by atoms with Gasteiger partial charge in [0.2, 0.25) is 17.7 Å². The van der Waals surface area contributed by atoms with Gasteiger partial charge in [-0.25, -0.2) is 0 Å². The quantitative estimate of drug-likeness (QED) is 0.256. The van der Waals surface area contributed by atoms with E-state index in [9.17, 15) is 14.4 Å². The molecular weight excluding hydrogens is 478 g/mol. The van der Waals surface area contributed by atoms with Gasteiger partial charge in [0.1, 0.15) is 0 Å². The smallest absolute Gasteiger partial charge is 0.233 e. The van der Waals surface area contributed by atoms with Crippen LogP contribution in [-0.4, -0.2) is 58.5 Å². The van der Waals surface area contributed by atoms with Crippen molar-refractivity contribution < 1.29 is 19.1 Å². The number of likely N-dealkylation sites (tertiary alicyclic amines) is 1. The summed E-state index contributed by atoms with van der Waals surface area (Å²) in [5, 5.41) is 6.68. The van der Waals surface area contributed by atoms with E-state index in [2.05, 4.69) is 66.0 Å². The molecule has 222 valence electrons. The van der Waals surface area contributed by atoms with Crippen LogP contribution < -0.4 is 10.6 Å². The fourth-order valence-electron chi connectivity index (χ4n) is 6.05. The Kier molecular flexibility index (Phi) is 10.9. The maximum absolute atomic E-state index is 13.8. The van der Waals surface area contributed by atoms with Crippen molar-refractivity contribution >= 4 is 17.7 Å². The molecule has 3 amide bonds. The molecule has 3 unspecified atom stereocenters. The number of hydrogen-bond donors (Lipinski definition) is 2. The summed E-state index contributed by atoms with van der Waals surface area (Å²) in [7, 11) is 1.97. The Hall–Kier alpha value is -1.47. The third-order valence-corrected chi connectivity index (χ3v) is 9.40. The first-order valence-corrected chi connectivity index (χ1v) is 14.5. The summed E-state index contributed by atoms with van der Waals surface area (Å²) >= 11 is 0. The molecule has 38 heavy (non-hydrogen) atoms. The van der Waals surface area contributed by atoms with Gasteiger partial charge in [-0.2, -0.15) is 0 Å². The van der Waals surface area contributed by atoms with Crippen LogP contribution in [0.1, 0.15) is 129 Å². The normalized spacial score (nSPS) is 20.9. The highest BCUT2D eigenvalue weighted by atomic mass is 16.5. The first-order chi connectivity index (χ1) is 17.0. The fraction of sp³-hybridized carbons (Fsp3) is 0.903. The van der Waals surface area contributed by atoms with Crippen LogP contribution in [0.25, 0.3) is 0 Å². The molecule has 1 aliphatic heterocycles. The molecule has 7 nitrogen and oxygen atoms in total. The molecule has 0 spiro atoms. The zero-order chi connectivity index (χ0) is 30.0. The lowest BCUT2D eigenvalue weighted by molar-refractivity contribution is -0.149. The highest BCUT2D eigenvalue weighted by Crippen LogP contribution is 2.44. The van der Waals surface area contributed by atoms with Crippen molar-refractivity contribution in [1.29, 1.82) is 0 Å². The molecule has 0 bridgehead atoms. The topological polar surface area (TPSA) is 87.7 Å². The molecule has 1 fully saturated rings. The van der Waals surface area contributed by atoms with Gasteiger partial charge >= 0.3 is 0 Å². The maximum atomic E-state index is 13.8. The van der Waals surface area contributed by atoms with Crippen LogP contribution in [0.4, 0.5) is 0 Å². The Morgan fingerprint density at radius 1 is 0.921 bits per heavy atom. The van der Waals surface area contributed by atoms with Gasteiger partial charge in [-0.1, -0.05) is 41.5 Å². The molecule has 2 N–H and O–H groups in total. The summed E-state index contributed by atoms with van der Waals surface area (Å²) in [6, 6.07) is 0. The van der Waals surface area contributed by atoms with E-state index in [0.717, 1.165) is 19.3 Å². The average Bonchev–Trinajstić information content (AvgIpc) is 3.03. The van der Waals surface area contributed by atoms with Gasteiger partial charge < -0.3 is 15.4 Å². The van der Waals surface area contributed by atoms with E-state index in [1.165, 1.54) is 4.90 Å². The first kappa shape index (κ1) is 34.6. The highest BCUT2D eigenvalue weighted by molar-refractivity contribution is 6.04. The molecule has 1 heterocycles. The van der Waals surface area contributed by atoms with Gasteiger partial charge in [0.25, 0.3) is 0 Å². The standard InChI is InChI=1S/C31H59N3O4/c1-15-30(12,21-29(10,11)34-23(35)19-22(3)24(34)36)25(37)33-28(8,9)20-26(4,5)31(13,16-2)38-18-17-27(6,7)32-14/h22,32H,15-21H2,1-14H3,(H,33,37). The number of carbonyl (C=O) groups is 3. The average molecular weight is 538 g/mol. The molecular formula is C31H59N3O4. The van der Waals surface area contributed by atoms with Gasteiger partial charge in [0.05, 0.1) is 5.60 Å². The lowest BCUT2D eigenvalue weighted by Gasteiger charge is -2.48. The second kappa shape index (κ2) is 12.0. The number of ether oxygens (including phenoxy) is 1. The van der Waals surface area contributed by atoms with Crippen LogP contribution in [-0.2, 0) is 19.1 Å². The molecule has 0 aromatic heterocycles. The Bertz CT molecular complexity index is 863. The van der Waals surface area contributed by atoms with Crippen LogP contribution in [0.2, 0.25) is 0 Å². The molecule has 1 aliphatic rings. The number of rotatable bonds is 15. The van der Waals surface area contributed by atoms with Gasteiger partial charge in [-0.05, 0) is 93.0 Å². The minimum Gasteiger partial charge on any atom is -0.375 e. The highest BCUT2D eigenvalue weighted by Gasteiger charge is 2.50. The van der Waals surface area contributed by atoms with Crippen LogP contribution >= 0.6 is 0 Å². The zero-order valence-electron chi connectivity index (χ0n) is 27.1. The van der Waals surface area contributed by atoms with E-state index in [0.29, 0.717) is 19.4 Å². The van der Waals surface area contributed by atoms with Gasteiger partial charge in [0.15, 0.2) is 0 Å². The third kappa shape index (κ3) is 8.03. The molecule has 3 atom stereocenters. The summed E-state index contributed by atoms with van der Waals surface area (Å²) in [6.07, 6.45) is 3.74. The van der Waals surface area contributed by atoms with E-state index in [1.54, 1.807) is 6.92 Å². The van der Waals surface area contributed by atoms with Crippen LogP contribution in [0.3, 0.4) is 0 Å². The number of amides is 3. The molecule has 1 saturated heterocycles. The van der Waals surface area contributed by atoms with Crippen molar-refractivity contribution in [2.45, 2.75) is 151 Å². The van der Waals surface area contributed by atoms with Crippen molar-refractivity contribution in [3.05, 3.63) is 0 Å². The Balaban J connectivity index is 3.04. The van der Waals surface area contributed by atoms with Gasteiger partial charge in [-0.15, -0.1) is 0 Å². The maximum Gasteiger partial charge on any atom is 0.233 e. The minimum absolute atomic E-state index is 0.00671. The predicted octanol–water partition coefficient (Wildman–Crippen LogP) is 5.85. The van der Waals surface area contributed by atoms with E-state index >= 15 is 0 Å². The molecule has 0 aromatic rings. The lowest BCUT2D eigenvalue weighted by atomic mass is 9.67. The Morgan fingerprint density at radius 3 is 1.89 bits per heavy atom. The largest absolute Gasteiger partial charge is 0.375 e. The summed E-state index contributed by atoms with van der Waals surface area (Å²) in [6.45, 7) is 27.5. The van der Waals surface area contributed by atoms with E-state index in [4.69, 9.17) is 4.74 Å². The van der Waals surface area contributed by atoms with Gasteiger partial charge in [0, 0.05) is 41.0 Å². The van der Waals surface area contributed by atoms with Crippen molar-refractivity contribution in [3.8, 4) is 0 Å². The molecule has 7 heteroatoms. The zero-order valence-corrected chi connectivity index (χ0v) is 27.1. The summed E-state index contributed by atoms with van der Waals surface area (Å²) in [5.41, 5.74) is -2.54. The molecule has 0 radical (unpaired) electrons. The van der Waals surface area contributed by atoms with Crippen molar-refractivity contribution in [2.24, 2.45) is 16.7 Å². The number of nitrogens with one attached hydrogen (secondary N) is 2. The number of carbonyl (C=O) groups excluding carboxylic acids is 3. The number of nitrogens with zero attached hydrogens (tertiary/aromatic N) is 1. The number of imide groups is 1. The Labute approximate surface area is 233 Å². The van der Waals surface area contributed by atoms with Crippen molar-refractivity contribution in [1.82, 2.24) is 15.5 Å².